The third kappa shape index (κ3) is 4.37. The third-order valence-electron chi connectivity index (χ3n) is 3.09. The molecule has 0 radical (unpaired) electrons. The van der Waals surface area contributed by atoms with Crippen molar-refractivity contribution in [2.45, 2.75) is 18.0 Å². The molecule has 112 valence electrons. The van der Waals surface area contributed by atoms with E-state index in [1.54, 1.807) is 23.9 Å². The monoisotopic (exact) mass is 305 g/mol. The number of hydrogen-bond acceptors (Lipinski definition) is 5. The van der Waals surface area contributed by atoms with E-state index in [1.807, 2.05) is 7.05 Å². The van der Waals surface area contributed by atoms with Crippen LogP contribution in [0.15, 0.2) is 45.7 Å². The molecule has 5 heteroatoms. The molecule has 0 aliphatic carbocycles. The summed E-state index contributed by atoms with van der Waals surface area (Å²) in [6.07, 6.45) is 2.07. The molecule has 0 atom stereocenters. The number of furan rings is 1. The van der Waals surface area contributed by atoms with Crippen molar-refractivity contribution < 1.29 is 13.9 Å². The van der Waals surface area contributed by atoms with Crippen LogP contribution in [0.25, 0.3) is 0 Å². The zero-order valence-electron chi connectivity index (χ0n) is 12.5. The van der Waals surface area contributed by atoms with Crippen LogP contribution >= 0.6 is 11.8 Å². The van der Waals surface area contributed by atoms with Gasteiger partial charge in [0.25, 0.3) is 0 Å². The van der Waals surface area contributed by atoms with E-state index in [1.165, 1.54) is 17.6 Å². The van der Waals surface area contributed by atoms with Crippen molar-refractivity contribution in [1.29, 1.82) is 0 Å². The SMILES string of the molecule is COC(=O)c1ccc(CN(C)Cc2ccc(SC)cc2)o1. The lowest BCUT2D eigenvalue weighted by Gasteiger charge is -2.15. The van der Waals surface area contributed by atoms with E-state index in [0.29, 0.717) is 6.54 Å². The van der Waals surface area contributed by atoms with E-state index in [9.17, 15) is 4.79 Å². The summed E-state index contributed by atoms with van der Waals surface area (Å²) in [6.45, 7) is 1.46. The second-order valence-electron chi connectivity index (χ2n) is 4.78. The van der Waals surface area contributed by atoms with Crippen LogP contribution in [-0.2, 0) is 17.8 Å². The van der Waals surface area contributed by atoms with E-state index in [0.717, 1.165) is 12.3 Å². The first-order chi connectivity index (χ1) is 10.1. The lowest BCUT2D eigenvalue weighted by molar-refractivity contribution is 0.0561. The smallest absolute Gasteiger partial charge is 0.373 e. The fourth-order valence-electron chi connectivity index (χ4n) is 2.04. The summed E-state index contributed by atoms with van der Waals surface area (Å²) in [5, 5.41) is 0. The van der Waals surface area contributed by atoms with E-state index in [-0.39, 0.29) is 5.76 Å². The highest BCUT2D eigenvalue weighted by molar-refractivity contribution is 7.98. The van der Waals surface area contributed by atoms with Crippen LogP contribution < -0.4 is 0 Å². The Kier molecular flexibility index (Phi) is 5.47. The molecule has 2 aromatic rings. The van der Waals surface area contributed by atoms with Gasteiger partial charge < -0.3 is 9.15 Å². The molecule has 0 fully saturated rings. The number of hydrogen-bond donors (Lipinski definition) is 0. The van der Waals surface area contributed by atoms with Gasteiger partial charge in [0.15, 0.2) is 0 Å². The highest BCUT2D eigenvalue weighted by Gasteiger charge is 2.12. The minimum atomic E-state index is -0.448. The molecule has 1 heterocycles. The van der Waals surface area contributed by atoms with Crippen molar-refractivity contribution in [1.82, 2.24) is 4.90 Å². The Morgan fingerprint density at radius 3 is 2.52 bits per heavy atom. The highest BCUT2D eigenvalue weighted by Crippen LogP contribution is 2.17. The standard InChI is InChI=1S/C16H19NO3S/c1-17(10-12-4-7-14(21-3)8-5-12)11-13-6-9-15(20-13)16(18)19-2/h4-9H,10-11H2,1-3H3. The van der Waals surface area contributed by atoms with Gasteiger partial charge in [-0.1, -0.05) is 12.1 Å². The van der Waals surface area contributed by atoms with Crippen molar-refractivity contribution in [2.24, 2.45) is 0 Å². The quantitative estimate of drug-likeness (QED) is 0.604. The average molecular weight is 305 g/mol. The number of esters is 1. The van der Waals surface area contributed by atoms with Gasteiger partial charge in [0, 0.05) is 11.4 Å². The first-order valence-corrected chi connectivity index (χ1v) is 7.83. The molecule has 0 spiro atoms. The van der Waals surface area contributed by atoms with Crippen molar-refractivity contribution >= 4 is 17.7 Å². The van der Waals surface area contributed by atoms with E-state index >= 15 is 0 Å². The summed E-state index contributed by atoms with van der Waals surface area (Å²) in [4.78, 5) is 14.7. The summed E-state index contributed by atoms with van der Waals surface area (Å²) in [5.41, 5.74) is 1.25. The summed E-state index contributed by atoms with van der Waals surface area (Å²) in [6, 6.07) is 11.9. The molecule has 2 rings (SSSR count). The van der Waals surface area contributed by atoms with Crippen LogP contribution in [0, 0.1) is 0 Å². The molecule has 0 saturated heterocycles. The van der Waals surface area contributed by atoms with Gasteiger partial charge in [-0.05, 0) is 43.1 Å². The predicted molar refractivity (Wildman–Crippen MR) is 83.4 cm³/mol. The molecule has 21 heavy (non-hydrogen) atoms. The van der Waals surface area contributed by atoms with Crippen LogP contribution in [0.2, 0.25) is 0 Å². The van der Waals surface area contributed by atoms with E-state index < -0.39 is 5.97 Å². The molecule has 0 aliphatic heterocycles. The second kappa shape index (κ2) is 7.33. The molecule has 0 saturated carbocycles. The fourth-order valence-corrected chi connectivity index (χ4v) is 2.45. The lowest BCUT2D eigenvalue weighted by atomic mass is 10.2. The van der Waals surface area contributed by atoms with Crippen LogP contribution in [0.1, 0.15) is 21.9 Å². The number of rotatable bonds is 6. The summed E-state index contributed by atoms with van der Waals surface area (Å²) < 4.78 is 10.1. The van der Waals surface area contributed by atoms with Gasteiger partial charge in [-0.2, -0.15) is 0 Å². The Balaban J connectivity index is 1.92. The van der Waals surface area contributed by atoms with Crippen molar-refractivity contribution in [3.8, 4) is 0 Å². The van der Waals surface area contributed by atoms with E-state index in [2.05, 4.69) is 40.2 Å². The Bertz CT molecular complexity index is 592. The Morgan fingerprint density at radius 2 is 1.90 bits per heavy atom. The molecule has 0 bridgehead atoms. The summed E-state index contributed by atoms with van der Waals surface area (Å²) >= 11 is 1.73. The fraction of sp³-hybridized carbons (Fsp3) is 0.312. The minimum Gasteiger partial charge on any atom is -0.463 e. The molecule has 0 amide bonds. The number of carbonyl (C=O) groups excluding carboxylic acids is 1. The largest absolute Gasteiger partial charge is 0.463 e. The van der Waals surface area contributed by atoms with Crippen LogP contribution in [0.4, 0.5) is 0 Å². The van der Waals surface area contributed by atoms with Crippen LogP contribution in [0.5, 0.6) is 0 Å². The van der Waals surface area contributed by atoms with Gasteiger partial charge >= 0.3 is 5.97 Å². The number of thioether (sulfide) groups is 1. The van der Waals surface area contributed by atoms with Crippen LogP contribution in [0.3, 0.4) is 0 Å². The normalized spacial score (nSPS) is 10.9. The molecule has 4 nitrogen and oxygen atoms in total. The van der Waals surface area contributed by atoms with Gasteiger partial charge in [-0.25, -0.2) is 4.79 Å². The first kappa shape index (κ1) is 15.7. The van der Waals surface area contributed by atoms with Crippen molar-refractivity contribution in [2.75, 3.05) is 20.4 Å². The molecule has 0 unspecified atom stereocenters. The molecule has 0 N–H and O–H groups in total. The lowest BCUT2D eigenvalue weighted by Crippen LogP contribution is -2.16. The maximum atomic E-state index is 11.3. The van der Waals surface area contributed by atoms with Gasteiger partial charge in [0.1, 0.15) is 5.76 Å². The minimum absolute atomic E-state index is 0.241. The van der Waals surface area contributed by atoms with E-state index in [4.69, 9.17) is 4.42 Å². The Labute approximate surface area is 129 Å². The molecule has 1 aromatic carbocycles. The van der Waals surface area contributed by atoms with Gasteiger partial charge in [-0.15, -0.1) is 11.8 Å². The molecular weight excluding hydrogens is 286 g/mol. The molecular formula is C16H19NO3S. The zero-order chi connectivity index (χ0) is 15.2. The van der Waals surface area contributed by atoms with Crippen LogP contribution in [-0.4, -0.2) is 31.3 Å². The number of methoxy groups -OCH3 is 1. The predicted octanol–water partition coefficient (Wildman–Crippen LogP) is 3.42. The van der Waals surface area contributed by atoms with Gasteiger partial charge in [-0.3, -0.25) is 4.90 Å². The summed E-state index contributed by atoms with van der Waals surface area (Å²) in [7, 11) is 3.36. The second-order valence-corrected chi connectivity index (χ2v) is 5.66. The third-order valence-corrected chi connectivity index (χ3v) is 3.83. The Hall–Kier alpha value is -1.72. The summed E-state index contributed by atoms with van der Waals surface area (Å²) in [5.74, 6) is 0.542. The van der Waals surface area contributed by atoms with Crippen molar-refractivity contribution in [3.05, 3.63) is 53.5 Å². The molecule has 1 aromatic heterocycles. The van der Waals surface area contributed by atoms with Gasteiger partial charge in [0.05, 0.1) is 13.7 Å². The highest BCUT2D eigenvalue weighted by atomic mass is 32.2. The average Bonchev–Trinajstić information content (AvgIpc) is 2.95. The number of carbonyl (C=O) groups is 1. The topological polar surface area (TPSA) is 42.7 Å². The van der Waals surface area contributed by atoms with Gasteiger partial charge in [0.2, 0.25) is 5.76 Å². The maximum absolute atomic E-state index is 11.3. The first-order valence-electron chi connectivity index (χ1n) is 6.61. The Morgan fingerprint density at radius 1 is 1.19 bits per heavy atom. The van der Waals surface area contributed by atoms with Crippen molar-refractivity contribution in [3.63, 3.8) is 0 Å². The maximum Gasteiger partial charge on any atom is 0.373 e. The molecule has 0 aliphatic rings. The number of nitrogens with zero attached hydrogens (tertiary/aromatic N) is 1. The number of ether oxygens (including phenoxy) is 1. The zero-order valence-corrected chi connectivity index (χ0v) is 13.3. The number of benzene rings is 1.